The summed E-state index contributed by atoms with van der Waals surface area (Å²) < 4.78 is 0. The molecule has 0 radical (unpaired) electrons. The van der Waals surface area contributed by atoms with E-state index in [0.29, 0.717) is 32.4 Å². The third-order valence-corrected chi connectivity index (χ3v) is 5.68. The predicted octanol–water partition coefficient (Wildman–Crippen LogP) is 5.50. The van der Waals surface area contributed by atoms with Gasteiger partial charge in [0.05, 0.1) is 22.9 Å². The number of halogens is 1. The fourth-order valence-corrected chi connectivity index (χ4v) is 3.69. The van der Waals surface area contributed by atoms with Crippen molar-refractivity contribution in [2.75, 3.05) is 16.4 Å². The molecule has 0 atom stereocenters. The van der Waals surface area contributed by atoms with Crippen LogP contribution in [0.2, 0.25) is 5.02 Å². The van der Waals surface area contributed by atoms with Crippen LogP contribution in [0.25, 0.3) is 0 Å². The minimum absolute atomic E-state index is 0.122. The Labute approximate surface area is 184 Å². The average molecular weight is 436 g/mol. The van der Waals surface area contributed by atoms with E-state index in [0.717, 1.165) is 5.56 Å². The van der Waals surface area contributed by atoms with E-state index in [1.807, 2.05) is 25.1 Å². The lowest BCUT2D eigenvalue weighted by atomic mass is 10.2. The van der Waals surface area contributed by atoms with E-state index in [2.05, 4.69) is 10.6 Å². The standard InChI is InChI=1S/C23H18ClN3O2S/c1-15-9-10-18(12-20(15)24)27-23(29)19-7-2-3-8-21(19)30-14-22(28)26-17-6-4-5-16(11-17)13-25/h2-12H,14H2,1H3,(H,26,28)(H,27,29). The summed E-state index contributed by atoms with van der Waals surface area (Å²) in [5.41, 5.74) is 3.03. The highest BCUT2D eigenvalue weighted by Crippen LogP contribution is 2.25. The lowest BCUT2D eigenvalue weighted by Gasteiger charge is -2.11. The zero-order chi connectivity index (χ0) is 21.5. The average Bonchev–Trinajstić information content (AvgIpc) is 2.75. The molecule has 0 unspecified atom stereocenters. The Hall–Kier alpha value is -3.27. The molecule has 0 saturated carbocycles. The maximum atomic E-state index is 12.7. The number of nitrogens with zero attached hydrogens (tertiary/aromatic N) is 1. The lowest BCUT2D eigenvalue weighted by Crippen LogP contribution is -2.16. The summed E-state index contributed by atoms with van der Waals surface area (Å²) in [6.07, 6.45) is 0. The van der Waals surface area contributed by atoms with Gasteiger partial charge >= 0.3 is 0 Å². The molecule has 0 aliphatic rings. The molecule has 0 fully saturated rings. The Bertz CT molecular complexity index is 1140. The van der Waals surface area contributed by atoms with Crippen LogP contribution in [-0.4, -0.2) is 17.6 Å². The number of thioether (sulfide) groups is 1. The van der Waals surface area contributed by atoms with Crippen LogP contribution in [0.5, 0.6) is 0 Å². The summed E-state index contributed by atoms with van der Waals surface area (Å²) in [4.78, 5) is 25.7. The Morgan fingerprint density at radius 2 is 1.77 bits per heavy atom. The van der Waals surface area contributed by atoms with Gasteiger partial charge in [0, 0.05) is 21.3 Å². The van der Waals surface area contributed by atoms with Crippen LogP contribution in [0.1, 0.15) is 21.5 Å². The molecule has 0 bridgehead atoms. The molecule has 2 amide bonds. The van der Waals surface area contributed by atoms with Crippen LogP contribution in [0, 0.1) is 18.3 Å². The van der Waals surface area contributed by atoms with Crippen molar-refractivity contribution < 1.29 is 9.59 Å². The van der Waals surface area contributed by atoms with E-state index in [1.165, 1.54) is 11.8 Å². The van der Waals surface area contributed by atoms with Gasteiger partial charge in [0.25, 0.3) is 5.91 Å². The van der Waals surface area contributed by atoms with Gasteiger partial charge < -0.3 is 10.6 Å². The molecule has 3 rings (SSSR count). The number of amides is 2. The molecule has 3 aromatic carbocycles. The van der Waals surface area contributed by atoms with Crippen LogP contribution >= 0.6 is 23.4 Å². The van der Waals surface area contributed by atoms with Crippen LogP contribution in [0.4, 0.5) is 11.4 Å². The molecule has 0 heterocycles. The largest absolute Gasteiger partial charge is 0.325 e. The molecule has 0 aromatic heterocycles. The van der Waals surface area contributed by atoms with Gasteiger partial charge in [0.2, 0.25) is 5.91 Å². The molecule has 7 heteroatoms. The van der Waals surface area contributed by atoms with Crippen LogP contribution < -0.4 is 10.6 Å². The highest BCUT2D eigenvalue weighted by molar-refractivity contribution is 8.00. The van der Waals surface area contributed by atoms with Crippen molar-refractivity contribution >= 4 is 46.6 Å². The van der Waals surface area contributed by atoms with Gasteiger partial charge in [0.15, 0.2) is 0 Å². The smallest absolute Gasteiger partial charge is 0.256 e. The van der Waals surface area contributed by atoms with E-state index >= 15 is 0 Å². The number of benzene rings is 3. The van der Waals surface area contributed by atoms with Crippen molar-refractivity contribution in [1.29, 1.82) is 5.26 Å². The van der Waals surface area contributed by atoms with Gasteiger partial charge in [0.1, 0.15) is 0 Å². The second kappa shape index (κ2) is 9.97. The van der Waals surface area contributed by atoms with Gasteiger partial charge in [-0.15, -0.1) is 11.8 Å². The first-order chi connectivity index (χ1) is 14.5. The highest BCUT2D eigenvalue weighted by Gasteiger charge is 2.14. The quantitative estimate of drug-likeness (QED) is 0.500. The summed E-state index contributed by atoms with van der Waals surface area (Å²) >= 11 is 7.39. The van der Waals surface area contributed by atoms with E-state index in [-0.39, 0.29) is 17.6 Å². The van der Waals surface area contributed by atoms with E-state index in [4.69, 9.17) is 16.9 Å². The molecule has 5 nitrogen and oxygen atoms in total. The molecule has 0 saturated heterocycles. The lowest BCUT2D eigenvalue weighted by molar-refractivity contribution is -0.113. The number of hydrogen-bond donors (Lipinski definition) is 2. The molecule has 2 N–H and O–H groups in total. The number of nitrogens with one attached hydrogen (secondary N) is 2. The number of carbonyl (C=O) groups excluding carboxylic acids is 2. The molecule has 0 spiro atoms. The van der Waals surface area contributed by atoms with Crippen molar-refractivity contribution in [2.45, 2.75) is 11.8 Å². The van der Waals surface area contributed by atoms with Gasteiger partial charge in [-0.05, 0) is 55.0 Å². The Morgan fingerprint density at radius 1 is 1.00 bits per heavy atom. The second-order valence-corrected chi connectivity index (χ2v) is 7.87. The van der Waals surface area contributed by atoms with Gasteiger partial charge in [-0.1, -0.05) is 35.9 Å². The van der Waals surface area contributed by atoms with Gasteiger partial charge in [-0.2, -0.15) is 5.26 Å². The van der Waals surface area contributed by atoms with Crippen molar-refractivity contribution in [2.24, 2.45) is 0 Å². The summed E-state index contributed by atoms with van der Waals surface area (Å²) in [7, 11) is 0. The number of hydrogen-bond acceptors (Lipinski definition) is 4. The van der Waals surface area contributed by atoms with Crippen molar-refractivity contribution in [3.05, 3.63) is 88.4 Å². The Morgan fingerprint density at radius 3 is 2.53 bits per heavy atom. The number of anilines is 2. The summed E-state index contributed by atoms with van der Waals surface area (Å²) in [6, 6.07) is 21.2. The van der Waals surface area contributed by atoms with Crippen molar-refractivity contribution in [3.63, 3.8) is 0 Å². The Kier molecular flexibility index (Phi) is 7.12. The first-order valence-electron chi connectivity index (χ1n) is 9.05. The van der Waals surface area contributed by atoms with E-state index < -0.39 is 0 Å². The van der Waals surface area contributed by atoms with Gasteiger partial charge in [-0.25, -0.2) is 0 Å². The van der Waals surface area contributed by atoms with Crippen LogP contribution in [0.3, 0.4) is 0 Å². The number of rotatable bonds is 6. The molecule has 0 aliphatic carbocycles. The SMILES string of the molecule is Cc1ccc(NC(=O)c2ccccc2SCC(=O)Nc2cccc(C#N)c2)cc1Cl. The van der Waals surface area contributed by atoms with Crippen LogP contribution in [-0.2, 0) is 4.79 Å². The molecule has 150 valence electrons. The number of nitriles is 1. The monoisotopic (exact) mass is 435 g/mol. The molecule has 0 aliphatic heterocycles. The first kappa shape index (κ1) is 21.4. The van der Waals surface area contributed by atoms with Crippen molar-refractivity contribution in [3.8, 4) is 6.07 Å². The topological polar surface area (TPSA) is 82.0 Å². The fraction of sp³-hybridized carbons (Fsp3) is 0.0870. The summed E-state index contributed by atoms with van der Waals surface area (Å²) in [5, 5.41) is 15.1. The zero-order valence-corrected chi connectivity index (χ0v) is 17.7. The van der Waals surface area contributed by atoms with E-state index in [9.17, 15) is 9.59 Å². The maximum Gasteiger partial charge on any atom is 0.256 e. The maximum absolute atomic E-state index is 12.7. The minimum atomic E-state index is -0.278. The number of aryl methyl sites for hydroxylation is 1. The highest BCUT2D eigenvalue weighted by atomic mass is 35.5. The normalized spacial score (nSPS) is 10.2. The predicted molar refractivity (Wildman–Crippen MR) is 121 cm³/mol. The van der Waals surface area contributed by atoms with Crippen molar-refractivity contribution in [1.82, 2.24) is 0 Å². The second-order valence-electron chi connectivity index (χ2n) is 6.44. The zero-order valence-electron chi connectivity index (χ0n) is 16.1. The molecule has 3 aromatic rings. The first-order valence-corrected chi connectivity index (χ1v) is 10.4. The summed E-state index contributed by atoms with van der Waals surface area (Å²) in [5.74, 6) is -0.381. The van der Waals surface area contributed by atoms with Gasteiger partial charge in [-0.3, -0.25) is 9.59 Å². The molecular formula is C23H18ClN3O2S. The third kappa shape index (κ3) is 5.63. The molecule has 30 heavy (non-hydrogen) atoms. The summed E-state index contributed by atoms with van der Waals surface area (Å²) in [6.45, 7) is 1.89. The number of carbonyl (C=O) groups is 2. The molecular weight excluding hydrogens is 418 g/mol. The van der Waals surface area contributed by atoms with E-state index in [1.54, 1.807) is 54.6 Å². The van der Waals surface area contributed by atoms with Crippen LogP contribution in [0.15, 0.2) is 71.6 Å². The minimum Gasteiger partial charge on any atom is -0.325 e. The Balaban J connectivity index is 1.65. The third-order valence-electron chi connectivity index (χ3n) is 4.20. The fourth-order valence-electron chi connectivity index (χ4n) is 2.66.